The lowest BCUT2D eigenvalue weighted by molar-refractivity contribution is 0.100. The molecule has 1 aliphatic rings. The number of nitriles is 1. The minimum absolute atomic E-state index is 0.293. The molecular formula is C18H19N9OS. The van der Waals surface area contributed by atoms with E-state index in [1.165, 1.54) is 28.7 Å². The van der Waals surface area contributed by atoms with Gasteiger partial charge in [-0.05, 0) is 31.5 Å². The lowest BCUT2D eigenvalue weighted by Crippen LogP contribution is -2.34. The average molecular weight is 409 g/mol. The number of piperidine rings is 1. The van der Waals surface area contributed by atoms with Gasteiger partial charge in [0.25, 0.3) is 5.91 Å². The van der Waals surface area contributed by atoms with Gasteiger partial charge in [0.1, 0.15) is 24.2 Å². The number of rotatable bonds is 6. The predicted octanol–water partition coefficient (Wildman–Crippen LogP) is 1.96. The molecule has 3 aromatic heterocycles. The van der Waals surface area contributed by atoms with Crippen molar-refractivity contribution in [1.29, 1.82) is 5.26 Å². The molecule has 0 saturated carbocycles. The maximum atomic E-state index is 12.2. The lowest BCUT2D eigenvalue weighted by atomic mass is 9.94. The van der Waals surface area contributed by atoms with E-state index in [9.17, 15) is 4.79 Å². The van der Waals surface area contributed by atoms with Gasteiger partial charge < -0.3 is 5.32 Å². The number of amides is 1. The summed E-state index contributed by atoms with van der Waals surface area (Å²) < 4.78 is 1.36. The van der Waals surface area contributed by atoms with E-state index in [0.717, 1.165) is 31.6 Å². The van der Waals surface area contributed by atoms with Gasteiger partial charge in [-0.15, -0.1) is 21.5 Å². The first kappa shape index (κ1) is 19.0. The van der Waals surface area contributed by atoms with Crippen molar-refractivity contribution in [3.63, 3.8) is 0 Å². The fourth-order valence-electron chi connectivity index (χ4n) is 3.27. The summed E-state index contributed by atoms with van der Waals surface area (Å²) in [6.07, 6.45) is 4.90. The van der Waals surface area contributed by atoms with Gasteiger partial charge in [0.05, 0.1) is 12.6 Å². The Morgan fingerprint density at radius 3 is 3.00 bits per heavy atom. The van der Waals surface area contributed by atoms with Gasteiger partial charge in [-0.2, -0.15) is 5.26 Å². The van der Waals surface area contributed by atoms with E-state index in [-0.39, 0.29) is 5.91 Å². The zero-order valence-electron chi connectivity index (χ0n) is 15.5. The Kier molecular flexibility index (Phi) is 5.73. The van der Waals surface area contributed by atoms with Gasteiger partial charge in [0, 0.05) is 23.5 Å². The van der Waals surface area contributed by atoms with Crippen LogP contribution in [0.25, 0.3) is 0 Å². The van der Waals surface area contributed by atoms with Crippen LogP contribution in [-0.2, 0) is 0 Å². The summed E-state index contributed by atoms with van der Waals surface area (Å²) in [6, 6.07) is 8.08. The number of hydrogen-bond acceptors (Lipinski definition) is 9. The van der Waals surface area contributed by atoms with Gasteiger partial charge >= 0.3 is 0 Å². The maximum absolute atomic E-state index is 12.2. The van der Waals surface area contributed by atoms with Crippen LogP contribution in [0.3, 0.4) is 0 Å². The van der Waals surface area contributed by atoms with E-state index < -0.39 is 0 Å². The van der Waals surface area contributed by atoms with Crippen LogP contribution in [0.5, 0.6) is 0 Å². The van der Waals surface area contributed by atoms with Crippen molar-refractivity contribution in [1.82, 2.24) is 29.7 Å². The van der Waals surface area contributed by atoms with Gasteiger partial charge in [0.15, 0.2) is 5.13 Å². The maximum Gasteiger partial charge on any atom is 0.289 e. The quantitative estimate of drug-likeness (QED) is 0.592. The molecule has 0 spiro atoms. The van der Waals surface area contributed by atoms with Crippen molar-refractivity contribution in [2.75, 3.05) is 30.4 Å². The number of aromatic nitrogens is 5. The van der Waals surface area contributed by atoms with Crippen LogP contribution in [0.15, 0.2) is 36.2 Å². The fraction of sp³-hybridized carbons (Fsp3) is 0.333. The molecule has 11 heteroatoms. The second kappa shape index (κ2) is 8.76. The Morgan fingerprint density at radius 2 is 2.17 bits per heavy atom. The highest BCUT2D eigenvalue weighted by Crippen LogP contribution is 2.27. The molecular weight excluding hydrogens is 390 g/mol. The smallest absolute Gasteiger partial charge is 0.289 e. The molecule has 29 heavy (non-hydrogen) atoms. The zero-order valence-corrected chi connectivity index (χ0v) is 16.3. The fourth-order valence-corrected chi connectivity index (χ4v) is 3.96. The Labute approximate surface area is 171 Å². The van der Waals surface area contributed by atoms with E-state index in [1.807, 2.05) is 18.2 Å². The molecule has 1 atom stereocenters. The molecule has 4 rings (SSSR count). The highest BCUT2D eigenvalue weighted by molar-refractivity contribution is 7.14. The molecule has 3 aromatic rings. The molecule has 148 valence electrons. The summed E-state index contributed by atoms with van der Waals surface area (Å²) in [6.45, 7) is 2.25. The summed E-state index contributed by atoms with van der Waals surface area (Å²) in [5.74, 6) is 0.635. The Hall–Kier alpha value is -3.36. The number of likely N-dealkylation sites (tertiary alicyclic amines) is 1. The topological polar surface area (TPSA) is 125 Å². The highest BCUT2D eigenvalue weighted by Gasteiger charge is 2.22. The molecule has 0 aromatic carbocycles. The van der Waals surface area contributed by atoms with E-state index in [2.05, 4.69) is 36.9 Å². The molecule has 2 N–H and O–H groups in total. The first-order valence-corrected chi connectivity index (χ1v) is 10.0. The van der Waals surface area contributed by atoms with E-state index >= 15 is 0 Å². The number of carbonyl (C=O) groups is 1. The Bertz CT molecular complexity index is 1010. The van der Waals surface area contributed by atoms with Crippen LogP contribution in [0.2, 0.25) is 0 Å². The van der Waals surface area contributed by atoms with Crippen LogP contribution in [0, 0.1) is 11.3 Å². The molecule has 1 fully saturated rings. The molecule has 1 amide bonds. The van der Waals surface area contributed by atoms with Crippen molar-refractivity contribution in [2.45, 2.75) is 18.8 Å². The van der Waals surface area contributed by atoms with E-state index in [0.29, 0.717) is 29.1 Å². The van der Waals surface area contributed by atoms with Gasteiger partial charge in [-0.3, -0.25) is 15.1 Å². The predicted molar refractivity (Wildman–Crippen MR) is 107 cm³/mol. The normalized spacial score (nSPS) is 16.9. The Balaban J connectivity index is 1.41. The van der Waals surface area contributed by atoms with Crippen molar-refractivity contribution in [3.8, 4) is 6.07 Å². The minimum Gasteiger partial charge on any atom is -0.316 e. The molecule has 1 saturated heterocycles. The van der Waals surface area contributed by atoms with Gasteiger partial charge in [0.2, 0.25) is 0 Å². The number of anilines is 2. The summed E-state index contributed by atoms with van der Waals surface area (Å²) in [4.78, 5) is 23.4. The molecule has 10 nitrogen and oxygen atoms in total. The standard InChI is InChI=1S/C18H19N9OS/c19-6-8-26-7-2-3-13(9-26)14-4-1-5-16(22-14)24-18-23-15(10-29-18)17(28)25-27-11-20-21-12-27/h1,4-5,10-13H,2-3,7-9H2,(H,25,28)(H,22,23,24). The largest absolute Gasteiger partial charge is 0.316 e. The van der Waals surface area contributed by atoms with Crippen molar-refractivity contribution in [2.24, 2.45) is 0 Å². The lowest BCUT2D eigenvalue weighted by Gasteiger charge is -2.30. The third kappa shape index (κ3) is 4.74. The minimum atomic E-state index is -0.351. The SMILES string of the molecule is N#CCN1CCCC(c2cccc(Nc3nc(C(=O)Nn4cnnc4)cs3)n2)C1. The van der Waals surface area contributed by atoms with Crippen LogP contribution in [-0.4, -0.2) is 55.3 Å². The van der Waals surface area contributed by atoms with E-state index in [1.54, 1.807) is 5.38 Å². The second-order valence-electron chi connectivity index (χ2n) is 6.65. The van der Waals surface area contributed by atoms with Crippen LogP contribution in [0.4, 0.5) is 10.9 Å². The first-order valence-electron chi connectivity index (χ1n) is 9.16. The van der Waals surface area contributed by atoms with Crippen molar-refractivity contribution >= 4 is 28.2 Å². The number of nitrogens with one attached hydrogen (secondary N) is 2. The second-order valence-corrected chi connectivity index (χ2v) is 7.51. The van der Waals surface area contributed by atoms with E-state index in [4.69, 9.17) is 10.2 Å². The number of nitrogens with zero attached hydrogens (tertiary/aromatic N) is 7. The molecule has 1 aliphatic heterocycles. The molecule has 0 aliphatic carbocycles. The third-order valence-corrected chi connectivity index (χ3v) is 5.37. The number of pyridine rings is 1. The number of carbonyl (C=O) groups excluding carboxylic acids is 1. The van der Waals surface area contributed by atoms with Crippen LogP contribution >= 0.6 is 11.3 Å². The molecule has 0 radical (unpaired) electrons. The first-order chi connectivity index (χ1) is 14.2. The molecule has 0 bridgehead atoms. The van der Waals surface area contributed by atoms with Crippen molar-refractivity contribution in [3.05, 3.63) is 47.6 Å². The average Bonchev–Trinajstić information content (AvgIpc) is 3.41. The zero-order chi connectivity index (χ0) is 20.1. The van der Waals surface area contributed by atoms with Gasteiger partial charge in [-0.1, -0.05) is 6.07 Å². The van der Waals surface area contributed by atoms with Crippen LogP contribution in [0.1, 0.15) is 34.9 Å². The number of hydrogen-bond donors (Lipinski definition) is 2. The summed E-state index contributed by atoms with van der Waals surface area (Å²) in [5.41, 5.74) is 3.90. The molecule has 1 unspecified atom stereocenters. The monoisotopic (exact) mass is 409 g/mol. The Morgan fingerprint density at radius 1 is 1.31 bits per heavy atom. The highest BCUT2D eigenvalue weighted by atomic mass is 32.1. The summed E-state index contributed by atoms with van der Waals surface area (Å²) in [7, 11) is 0. The summed E-state index contributed by atoms with van der Waals surface area (Å²) >= 11 is 1.33. The van der Waals surface area contributed by atoms with Crippen LogP contribution < -0.4 is 10.7 Å². The van der Waals surface area contributed by atoms with Crippen molar-refractivity contribution < 1.29 is 4.79 Å². The summed E-state index contributed by atoms with van der Waals surface area (Å²) in [5, 5.41) is 21.6. The third-order valence-electron chi connectivity index (χ3n) is 4.61. The molecule has 4 heterocycles. The number of thiazole rings is 1. The van der Waals surface area contributed by atoms with Gasteiger partial charge in [-0.25, -0.2) is 14.6 Å².